The molecule has 0 bridgehead atoms. The minimum absolute atomic E-state index is 0.126. The van der Waals surface area contributed by atoms with Crippen molar-refractivity contribution >= 4 is 18.2 Å². The van der Waals surface area contributed by atoms with Crippen molar-refractivity contribution in [1.29, 1.82) is 0 Å². The van der Waals surface area contributed by atoms with Gasteiger partial charge in [-0.25, -0.2) is 13.2 Å². The van der Waals surface area contributed by atoms with Gasteiger partial charge in [-0.05, 0) is 35.7 Å². The molecule has 0 radical (unpaired) electrons. The van der Waals surface area contributed by atoms with Crippen LogP contribution in [0.15, 0.2) is 61.2 Å². The molecule has 0 aliphatic heterocycles. The lowest BCUT2D eigenvalue weighted by molar-refractivity contribution is 0.321. The summed E-state index contributed by atoms with van der Waals surface area (Å²) >= 11 is 0. The Bertz CT molecular complexity index is 1020. The molecular weight excluding hydrogens is 361 g/mol. The lowest BCUT2D eigenvalue weighted by Gasteiger charge is -2.07. The number of ether oxygens (including phenoxy) is 1. The second-order valence-corrected chi connectivity index (χ2v) is 6.11. The number of benzene rings is 3. The van der Waals surface area contributed by atoms with Crippen LogP contribution in [0.3, 0.4) is 0 Å². The third kappa shape index (κ3) is 4.17. The Kier molecular flexibility index (Phi) is 5.99. The summed E-state index contributed by atoms with van der Waals surface area (Å²) in [5.74, 6) is -2.01. The van der Waals surface area contributed by atoms with Crippen LogP contribution in [0, 0.1) is 17.5 Å². The maximum Gasteiger partial charge on any atom is 0.166 e. The molecule has 4 heteroatoms. The van der Waals surface area contributed by atoms with E-state index < -0.39 is 17.5 Å². The van der Waals surface area contributed by atoms with E-state index in [1.807, 2.05) is 24.3 Å². The molecule has 0 saturated carbocycles. The first kappa shape index (κ1) is 19.5. The molecule has 142 valence electrons. The van der Waals surface area contributed by atoms with Gasteiger partial charge >= 0.3 is 0 Å². The molecule has 0 aromatic heterocycles. The molecule has 0 heterocycles. The van der Waals surface area contributed by atoms with Crippen molar-refractivity contribution in [3.8, 4) is 16.9 Å². The Morgan fingerprint density at radius 3 is 2.11 bits per heavy atom. The highest BCUT2D eigenvalue weighted by atomic mass is 19.2. The normalized spacial score (nSPS) is 11.0. The van der Waals surface area contributed by atoms with E-state index in [2.05, 4.69) is 6.58 Å². The molecule has 3 rings (SSSR count). The fourth-order valence-electron chi connectivity index (χ4n) is 2.79. The van der Waals surface area contributed by atoms with Gasteiger partial charge in [0.15, 0.2) is 23.2 Å². The van der Waals surface area contributed by atoms with E-state index in [1.54, 1.807) is 25.1 Å². The quantitative estimate of drug-likeness (QED) is 0.419. The van der Waals surface area contributed by atoms with Crippen LogP contribution < -0.4 is 4.74 Å². The van der Waals surface area contributed by atoms with Crippen molar-refractivity contribution in [2.24, 2.45) is 0 Å². The Balaban J connectivity index is 1.80. The van der Waals surface area contributed by atoms with Crippen molar-refractivity contribution < 1.29 is 17.9 Å². The van der Waals surface area contributed by atoms with E-state index >= 15 is 0 Å². The van der Waals surface area contributed by atoms with Crippen LogP contribution in [0.4, 0.5) is 13.2 Å². The van der Waals surface area contributed by atoms with Gasteiger partial charge in [-0.2, -0.15) is 0 Å². The van der Waals surface area contributed by atoms with E-state index in [1.165, 1.54) is 30.4 Å². The molecule has 0 atom stereocenters. The third-order valence-electron chi connectivity index (χ3n) is 4.29. The highest BCUT2D eigenvalue weighted by molar-refractivity contribution is 5.73. The Morgan fingerprint density at radius 2 is 1.46 bits per heavy atom. The number of rotatable bonds is 6. The summed E-state index contributed by atoms with van der Waals surface area (Å²) in [5, 5.41) is 0. The number of halogens is 3. The first-order chi connectivity index (χ1) is 13.5. The van der Waals surface area contributed by atoms with Gasteiger partial charge in [-0.3, -0.25) is 0 Å². The van der Waals surface area contributed by atoms with Crippen molar-refractivity contribution in [2.75, 3.05) is 6.61 Å². The highest BCUT2D eigenvalue weighted by Gasteiger charge is 2.09. The van der Waals surface area contributed by atoms with E-state index in [9.17, 15) is 13.2 Å². The first-order valence-electron chi connectivity index (χ1n) is 8.84. The fraction of sp³-hybridized carbons (Fsp3) is 0.0833. The summed E-state index contributed by atoms with van der Waals surface area (Å²) in [7, 11) is 0. The maximum atomic E-state index is 14.0. The average molecular weight is 380 g/mol. The third-order valence-corrected chi connectivity index (χ3v) is 4.29. The van der Waals surface area contributed by atoms with Crippen LogP contribution in [0.2, 0.25) is 0 Å². The topological polar surface area (TPSA) is 9.23 Å². The summed E-state index contributed by atoms with van der Waals surface area (Å²) in [6.45, 7) is 5.65. The van der Waals surface area contributed by atoms with Gasteiger partial charge in [0, 0.05) is 11.1 Å². The van der Waals surface area contributed by atoms with Crippen molar-refractivity contribution in [3.63, 3.8) is 0 Å². The van der Waals surface area contributed by atoms with Gasteiger partial charge in [-0.1, -0.05) is 67.3 Å². The molecule has 28 heavy (non-hydrogen) atoms. The minimum atomic E-state index is -0.912. The lowest BCUT2D eigenvalue weighted by Crippen LogP contribution is -1.94. The molecule has 0 N–H and O–H groups in total. The zero-order chi connectivity index (χ0) is 20.1. The van der Waals surface area contributed by atoms with Gasteiger partial charge in [0.2, 0.25) is 0 Å². The lowest BCUT2D eigenvalue weighted by atomic mass is 10.0. The molecule has 0 aliphatic rings. The molecule has 0 aliphatic carbocycles. The number of hydrogen-bond acceptors (Lipinski definition) is 1. The molecule has 1 nitrogen and oxygen atoms in total. The second-order valence-electron chi connectivity index (χ2n) is 6.11. The van der Waals surface area contributed by atoms with Crippen molar-refractivity contribution in [1.82, 2.24) is 0 Å². The highest BCUT2D eigenvalue weighted by Crippen LogP contribution is 2.26. The largest absolute Gasteiger partial charge is 0.491 e. The predicted octanol–water partition coefficient (Wildman–Crippen LogP) is 6.98. The summed E-state index contributed by atoms with van der Waals surface area (Å²) in [4.78, 5) is 0. The van der Waals surface area contributed by atoms with Crippen molar-refractivity contribution in [2.45, 2.75) is 6.92 Å². The van der Waals surface area contributed by atoms with Gasteiger partial charge in [-0.15, -0.1) is 0 Å². The Labute approximate surface area is 162 Å². The minimum Gasteiger partial charge on any atom is -0.491 e. The Hall–Kier alpha value is -3.27. The van der Waals surface area contributed by atoms with E-state index in [0.29, 0.717) is 6.61 Å². The summed E-state index contributed by atoms with van der Waals surface area (Å²) in [6, 6.07) is 15.1. The van der Waals surface area contributed by atoms with Gasteiger partial charge in [0.25, 0.3) is 0 Å². The van der Waals surface area contributed by atoms with E-state index in [0.717, 1.165) is 16.7 Å². The van der Waals surface area contributed by atoms with Gasteiger partial charge < -0.3 is 4.74 Å². The van der Waals surface area contributed by atoms with Crippen molar-refractivity contribution in [3.05, 3.63) is 95.3 Å². The standard InChI is InChI=1S/C24H19F3O/c1-3-17-11-12-19(24(27)23(17)26)10-7-16-5-8-18(9-6-16)20-13-14-22(28-4-2)21(25)15-20/h3,5-15H,1,4H2,2H3. The van der Waals surface area contributed by atoms with Crippen LogP contribution in [0.5, 0.6) is 5.75 Å². The SMILES string of the molecule is C=Cc1ccc(C=Cc2ccc(-c3ccc(OCC)c(F)c3)cc2)c(F)c1F. The van der Waals surface area contributed by atoms with E-state index in [-0.39, 0.29) is 16.9 Å². The summed E-state index contributed by atoms with van der Waals surface area (Å²) < 4.78 is 47.1. The molecule has 3 aromatic rings. The molecule has 0 amide bonds. The van der Waals surface area contributed by atoms with Gasteiger partial charge in [0.1, 0.15) is 0 Å². The molecular formula is C24H19F3O. The molecule has 3 aromatic carbocycles. The average Bonchev–Trinajstić information content (AvgIpc) is 2.71. The van der Waals surface area contributed by atoms with Gasteiger partial charge in [0.05, 0.1) is 6.61 Å². The molecule has 0 saturated heterocycles. The first-order valence-corrected chi connectivity index (χ1v) is 8.84. The molecule has 0 unspecified atom stereocenters. The Morgan fingerprint density at radius 1 is 0.821 bits per heavy atom. The predicted molar refractivity (Wildman–Crippen MR) is 108 cm³/mol. The molecule has 0 fully saturated rings. The number of hydrogen-bond donors (Lipinski definition) is 0. The zero-order valence-electron chi connectivity index (χ0n) is 15.4. The summed E-state index contributed by atoms with van der Waals surface area (Å²) in [5.41, 5.74) is 2.65. The second kappa shape index (κ2) is 8.61. The van der Waals surface area contributed by atoms with E-state index in [4.69, 9.17) is 4.74 Å². The van der Waals surface area contributed by atoms with Crippen LogP contribution in [0.1, 0.15) is 23.6 Å². The smallest absolute Gasteiger partial charge is 0.166 e. The monoisotopic (exact) mass is 380 g/mol. The maximum absolute atomic E-state index is 14.0. The van der Waals surface area contributed by atoms with Crippen LogP contribution >= 0.6 is 0 Å². The van der Waals surface area contributed by atoms with Crippen LogP contribution in [-0.4, -0.2) is 6.61 Å². The van der Waals surface area contributed by atoms with Crippen LogP contribution in [-0.2, 0) is 0 Å². The fourth-order valence-corrected chi connectivity index (χ4v) is 2.79. The van der Waals surface area contributed by atoms with Crippen LogP contribution in [0.25, 0.3) is 29.4 Å². The molecule has 0 spiro atoms. The zero-order valence-corrected chi connectivity index (χ0v) is 15.4. The summed E-state index contributed by atoms with van der Waals surface area (Å²) in [6.07, 6.45) is 4.47.